The van der Waals surface area contributed by atoms with Crippen molar-refractivity contribution >= 4 is 5.91 Å². The molecule has 134 valence electrons. The minimum Gasteiger partial charge on any atom is -0.354 e. The molecular formula is C20H28N4O. The Morgan fingerprint density at radius 3 is 2.80 bits per heavy atom. The van der Waals surface area contributed by atoms with Crippen LogP contribution in [0.5, 0.6) is 0 Å². The molecule has 1 fully saturated rings. The average Bonchev–Trinajstić information content (AvgIpc) is 3.09. The minimum atomic E-state index is 0.135. The molecule has 1 amide bonds. The first-order valence-corrected chi connectivity index (χ1v) is 9.25. The summed E-state index contributed by atoms with van der Waals surface area (Å²) < 4.78 is 1.90. The Morgan fingerprint density at radius 2 is 2.04 bits per heavy atom. The molecule has 3 rings (SSSR count). The predicted octanol–water partition coefficient (Wildman–Crippen LogP) is 3.05. The molecule has 0 aliphatic heterocycles. The zero-order valence-corrected chi connectivity index (χ0v) is 15.1. The number of benzene rings is 1. The summed E-state index contributed by atoms with van der Waals surface area (Å²) in [6.45, 7) is 4.77. The molecule has 1 aromatic heterocycles. The number of nitrogens with zero attached hydrogens (tertiary/aromatic N) is 2. The molecule has 1 saturated carbocycles. The molecule has 1 aliphatic rings. The van der Waals surface area contributed by atoms with Crippen LogP contribution < -0.4 is 10.6 Å². The lowest BCUT2D eigenvalue weighted by molar-refractivity contribution is -0.126. The molecule has 0 unspecified atom stereocenters. The molecule has 2 atom stereocenters. The Balaban J connectivity index is 1.52. The zero-order valence-electron chi connectivity index (χ0n) is 15.1. The second-order valence-corrected chi connectivity index (χ2v) is 7.19. The lowest BCUT2D eigenvalue weighted by Crippen LogP contribution is -2.42. The Hall–Kier alpha value is -2.14. The van der Waals surface area contributed by atoms with E-state index in [9.17, 15) is 4.79 Å². The fourth-order valence-corrected chi connectivity index (χ4v) is 3.45. The maximum absolute atomic E-state index is 12.2. The predicted molar refractivity (Wildman–Crippen MR) is 99.4 cm³/mol. The van der Waals surface area contributed by atoms with E-state index in [1.54, 1.807) is 0 Å². The lowest BCUT2D eigenvalue weighted by Gasteiger charge is -2.29. The van der Waals surface area contributed by atoms with Gasteiger partial charge in [-0.15, -0.1) is 0 Å². The standard InChI is InChI=1S/C20H28N4O/c1-15(2)22-20(25)16-7-6-8-17(13-16)21-14-18-11-12-24(23-18)19-9-4-3-5-10-19/h3-5,9-12,15-17,21H,6-8,13-14H2,1-2H3,(H,22,25)/t16-,17-/m0/s1. The van der Waals surface area contributed by atoms with Crippen LogP contribution in [0.15, 0.2) is 42.6 Å². The smallest absolute Gasteiger partial charge is 0.223 e. The summed E-state index contributed by atoms with van der Waals surface area (Å²) in [7, 11) is 0. The van der Waals surface area contributed by atoms with Crippen molar-refractivity contribution in [3.8, 4) is 5.69 Å². The lowest BCUT2D eigenvalue weighted by atomic mass is 9.85. The summed E-state index contributed by atoms with van der Waals surface area (Å²) in [4.78, 5) is 12.2. The van der Waals surface area contributed by atoms with Gasteiger partial charge >= 0.3 is 0 Å². The number of amides is 1. The highest BCUT2D eigenvalue weighted by atomic mass is 16.1. The zero-order chi connectivity index (χ0) is 17.6. The Labute approximate surface area is 149 Å². The van der Waals surface area contributed by atoms with Crippen LogP contribution in [0, 0.1) is 5.92 Å². The molecule has 1 heterocycles. The summed E-state index contributed by atoms with van der Waals surface area (Å²) in [5.74, 6) is 0.338. The summed E-state index contributed by atoms with van der Waals surface area (Å²) in [6, 6.07) is 12.8. The van der Waals surface area contributed by atoms with Gasteiger partial charge < -0.3 is 10.6 Å². The van der Waals surface area contributed by atoms with Crippen molar-refractivity contribution in [3.05, 3.63) is 48.3 Å². The van der Waals surface area contributed by atoms with E-state index in [1.807, 2.05) is 61.1 Å². The molecule has 0 spiro atoms. The summed E-state index contributed by atoms with van der Waals surface area (Å²) in [5.41, 5.74) is 2.09. The highest BCUT2D eigenvalue weighted by Gasteiger charge is 2.27. The van der Waals surface area contributed by atoms with E-state index in [-0.39, 0.29) is 17.9 Å². The molecule has 2 N–H and O–H groups in total. The number of para-hydroxylation sites is 1. The number of carbonyl (C=O) groups is 1. The molecule has 2 aromatic rings. The third-order valence-electron chi connectivity index (χ3n) is 4.71. The van der Waals surface area contributed by atoms with Gasteiger partial charge in [-0.05, 0) is 51.3 Å². The quantitative estimate of drug-likeness (QED) is 0.850. The van der Waals surface area contributed by atoms with Gasteiger partial charge in [-0.25, -0.2) is 4.68 Å². The first-order chi connectivity index (χ1) is 12.1. The Morgan fingerprint density at radius 1 is 1.24 bits per heavy atom. The third-order valence-corrected chi connectivity index (χ3v) is 4.71. The van der Waals surface area contributed by atoms with Crippen LogP contribution in [0.4, 0.5) is 0 Å². The van der Waals surface area contributed by atoms with E-state index >= 15 is 0 Å². The van der Waals surface area contributed by atoms with Gasteiger partial charge in [0.05, 0.1) is 11.4 Å². The molecule has 5 nitrogen and oxygen atoms in total. The van der Waals surface area contributed by atoms with Crippen molar-refractivity contribution in [2.24, 2.45) is 5.92 Å². The van der Waals surface area contributed by atoms with Crippen LogP contribution in [0.2, 0.25) is 0 Å². The number of hydrogen-bond acceptors (Lipinski definition) is 3. The number of rotatable bonds is 6. The highest BCUT2D eigenvalue weighted by Crippen LogP contribution is 2.25. The van der Waals surface area contributed by atoms with Gasteiger partial charge in [0.25, 0.3) is 0 Å². The van der Waals surface area contributed by atoms with E-state index in [0.29, 0.717) is 6.04 Å². The van der Waals surface area contributed by atoms with E-state index < -0.39 is 0 Å². The van der Waals surface area contributed by atoms with Gasteiger partial charge in [-0.3, -0.25) is 4.79 Å². The molecular weight excluding hydrogens is 312 g/mol. The van der Waals surface area contributed by atoms with Crippen LogP contribution in [0.3, 0.4) is 0 Å². The average molecular weight is 340 g/mol. The number of nitrogens with one attached hydrogen (secondary N) is 2. The van der Waals surface area contributed by atoms with Crippen LogP contribution in [0.1, 0.15) is 45.2 Å². The molecule has 1 aliphatic carbocycles. The molecule has 0 saturated heterocycles. The van der Waals surface area contributed by atoms with E-state index in [1.165, 1.54) is 0 Å². The van der Waals surface area contributed by atoms with Gasteiger partial charge in [0, 0.05) is 30.7 Å². The third kappa shape index (κ3) is 4.92. The maximum atomic E-state index is 12.2. The molecule has 1 aromatic carbocycles. The van der Waals surface area contributed by atoms with Crippen LogP contribution in [-0.2, 0) is 11.3 Å². The molecule has 25 heavy (non-hydrogen) atoms. The van der Waals surface area contributed by atoms with Crippen molar-refractivity contribution in [3.63, 3.8) is 0 Å². The highest BCUT2D eigenvalue weighted by molar-refractivity contribution is 5.79. The van der Waals surface area contributed by atoms with Gasteiger partial charge in [-0.2, -0.15) is 5.10 Å². The summed E-state index contributed by atoms with van der Waals surface area (Å²) in [5, 5.41) is 11.3. The summed E-state index contributed by atoms with van der Waals surface area (Å²) in [6.07, 6.45) is 6.14. The maximum Gasteiger partial charge on any atom is 0.223 e. The van der Waals surface area contributed by atoms with Crippen LogP contribution in [0.25, 0.3) is 5.69 Å². The first kappa shape index (κ1) is 17.7. The summed E-state index contributed by atoms with van der Waals surface area (Å²) >= 11 is 0. The SMILES string of the molecule is CC(C)NC(=O)[C@H]1CCC[C@H](NCc2ccn(-c3ccccc3)n2)C1. The Bertz CT molecular complexity index is 680. The topological polar surface area (TPSA) is 59.0 Å². The largest absolute Gasteiger partial charge is 0.354 e. The molecule has 0 bridgehead atoms. The fourth-order valence-electron chi connectivity index (χ4n) is 3.45. The fraction of sp³-hybridized carbons (Fsp3) is 0.500. The number of hydrogen-bond donors (Lipinski definition) is 2. The first-order valence-electron chi connectivity index (χ1n) is 9.25. The van der Waals surface area contributed by atoms with Gasteiger partial charge in [0.15, 0.2) is 0 Å². The van der Waals surface area contributed by atoms with E-state index in [4.69, 9.17) is 0 Å². The van der Waals surface area contributed by atoms with Gasteiger partial charge in [-0.1, -0.05) is 24.6 Å². The minimum absolute atomic E-state index is 0.135. The normalized spacial score (nSPS) is 20.6. The second kappa shape index (κ2) is 8.30. The van der Waals surface area contributed by atoms with Crippen LogP contribution >= 0.6 is 0 Å². The van der Waals surface area contributed by atoms with Gasteiger partial charge in [0.1, 0.15) is 0 Å². The van der Waals surface area contributed by atoms with E-state index in [2.05, 4.69) is 15.7 Å². The van der Waals surface area contributed by atoms with Crippen molar-refractivity contribution < 1.29 is 4.79 Å². The Kier molecular flexibility index (Phi) is 5.87. The molecule has 0 radical (unpaired) electrons. The van der Waals surface area contributed by atoms with Crippen molar-refractivity contribution in [2.75, 3.05) is 0 Å². The molecule has 5 heteroatoms. The van der Waals surface area contributed by atoms with Crippen molar-refractivity contribution in [1.29, 1.82) is 0 Å². The van der Waals surface area contributed by atoms with Crippen molar-refractivity contribution in [1.82, 2.24) is 20.4 Å². The van der Waals surface area contributed by atoms with Crippen LogP contribution in [-0.4, -0.2) is 27.8 Å². The second-order valence-electron chi connectivity index (χ2n) is 7.19. The number of carbonyl (C=O) groups excluding carboxylic acids is 1. The van der Waals surface area contributed by atoms with Crippen molar-refractivity contribution in [2.45, 2.75) is 58.2 Å². The number of aromatic nitrogens is 2. The van der Waals surface area contributed by atoms with E-state index in [0.717, 1.165) is 43.6 Å². The monoisotopic (exact) mass is 340 g/mol. The van der Waals surface area contributed by atoms with Gasteiger partial charge in [0.2, 0.25) is 5.91 Å².